The lowest BCUT2D eigenvalue weighted by molar-refractivity contribution is 0.414. The molecular formula is C21H16N4O4S. The van der Waals surface area contributed by atoms with Crippen molar-refractivity contribution in [2.24, 2.45) is 0 Å². The minimum atomic E-state index is -0.419. The molecule has 0 amide bonds. The predicted octanol–water partition coefficient (Wildman–Crippen LogP) is 3.87. The maximum Gasteiger partial charge on any atom is 0.336 e. The minimum absolute atomic E-state index is 0.398. The number of oxazole rings is 1. The van der Waals surface area contributed by atoms with E-state index >= 15 is 0 Å². The number of benzene rings is 2. The summed E-state index contributed by atoms with van der Waals surface area (Å²) in [6.45, 7) is 0.398. The molecule has 0 spiro atoms. The van der Waals surface area contributed by atoms with Gasteiger partial charge in [-0.1, -0.05) is 29.1 Å². The summed E-state index contributed by atoms with van der Waals surface area (Å²) in [5, 5.41) is 9.81. The monoisotopic (exact) mass is 420 g/mol. The molecule has 3 aromatic heterocycles. The zero-order valence-electron chi connectivity index (χ0n) is 15.9. The van der Waals surface area contributed by atoms with Crippen molar-refractivity contribution >= 4 is 33.8 Å². The molecule has 2 aromatic carbocycles. The smallest absolute Gasteiger partial charge is 0.336 e. The number of nitrogens with zero attached hydrogens (tertiary/aromatic N) is 4. The van der Waals surface area contributed by atoms with Crippen LogP contribution in [0.25, 0.3) is 22.1 Å². The van der Waals surface area contributed by atoms with Crippen LogP contribution in [0.15, 0.2) is 73.6 Å². The first-order chi connectivity index (χ1) is 14.7. The average molecular weight is 420 g/mol. The van der Waals surface area contributed by atoms with Gasteiger partial charge in [0.1, 0.15) is 16.8 Å². The molecule has 3 heterocycles. The first-order valence-electron chi connectivity index (χ1n) is 9.16. The van der Waals surface area contributed by atoms with E-state index in [1.807, 2.05) is 42.6 Å². The number of thioether (sulfide) groups is 1. The largest absolute Gasteiger partial charge is 0.497 e. The summed E-state index contributed by atoms with van der Waals surface area (Å²) in [7, 11) is 1.57. The van der Waals surface area contributed by atoms with Gasteiger partial charge in [0.2, 0.25) is 0 Å². The molecular weight excluding hydrogens is 404 g/mol. The van der Waals surface area contributed by atoms with E-state index in [-0.39, 0.29) is 0 Å². The third-order valence-electron chi connectivity index (χ3n) is 4.57. The summed E-state index contributed by atoms with van der Waals surface area (Å²) in [6, 6.07) is 14.5. The lowest BCUT2D eigenvalue weighted by Gasteiger charge is -2.06. The Morgan fingerprint density at radius 1 is 1.10 bits per heavy atom. The third kappa shape index (κ3) is 3.67. The van der Waals surface area contributed by atoms with Crippen LogP contribution in [-0.4, -0.2) is 27.1 Å². The van der Waals surface area contributed by atoms with E-state index in [4.69, 9.17) is 13.6 Å². The zero-order chi connectivity index (χ0) is 20.5. The zero-order valence-corrected chi connectivity index (χ0v) is 16.8. The van der Waals surface area contributed by atoms with Crippen LogP contribution in [0.4, 0.5) is 0 Å². The van der Waals surface area contributed by atoms with Gasteiger partial charge in [-0.15, -0.1) is 5.10 Å². The van der Waals surface area contributed by atoms with Crippen LogP contribution < -0.4 is 10.4 Å². The molecule has 0 saturated carbocycles. The van der Waals surface area contributed by atoms with E-state index in [9.17, 15) is 4.79 Å². The average Bonchev–Trinajstić information content (AvgIpc) is 3.37. The van der Waals surface area contributed by atoms with Gasteiger partial charge in [-0.3, -0.25) is 0 Å². The summed E-state index contributed by atoms with van der Waals surface area (Å²) >= 11 is 1.46. The lowest BCUT2D eigenvalue weighted by atomic mass is 10.1. The number of rotatable bonds is 6. The summed E-state index contributed by atoms with van der Waals surface area (Å²) in [5.41, 5.74) is 3.23. The Labute approximate surface area is 174 Å². The van der Waals surface area contributed by atoms with Gasteiger partial charge in [-0.05, 0) is 29.8 Å². The highest BCUT2D eigenvalue weighted by Crippen LogP contribution is 2.26. The first-order valence-corrected chi connectivity index (χ1v) is 10.1. The molecule has 0 bridgehead atoms. The second-order valence-corrected chi connectivity index (χ2v) is 7.52. The number of methoxy groups -OCH3 is 1. The van der Waals surface area contributed by atoms with E-state index in [1.165, 1.54) is 17.8 Å². The molecule has 8 nitrogen and oxygen atoms in total. The molecule has 0 radical (unpaired) electrons. The Kier molecular flexibility index (Phi) is 4.72. The van der Waals surface area contributed by atoms with Crippen LogP contribution in [0.2, 0.25) is 0 Å². The molecule has 0 aliphatic heterocycles. The summed E-state index contributed by atoms with van der Waals surface area (Å²) in [4.78, 5) is 16.4. The second-order valence-electron chi connectivity index (χ2n) is 6.60. The molecule has 150 valence electrons. The molecule has 5 aromatic rings. The third-order valence-corrected chi connectivity index (χ3v) is 5.44. The van der Waals surface area contributed by atoms with Gasteiger partial charge in [-0.2, -0.15) is 0 Å². The van der Waals surface area contributed by atoms with E-state index in [1.54, 1.807) is 17.9 Å². The van der Waals surface area contributed by atoms with Crippen molar-refractivity contribution in [3.05, 3.63) is 76.4 Å². The fourth-order valence-electron chi connectivity index (χ4n) is 3.17. The maximum absolute atomic E-state index is 12.0. The van der Waals surface area contributed by atoms with E-state index in [0.717, 1.165) is 27.7 Å². The standard InChI is InChI=1S/C21H16N4O4S/c1-27-15-6-7-16-13(8-20(26)28-19(16)9-15)10-25-11-14(23-24-25)12-30-21-22-17-4-2-3-5-18(17)29-21/h2-9,11H,10,12H2,1H3. The van der Waals surface area contributed by atoms with Crippen molar-refractivity contribution in [1.82, 2.24) is 20.0 Å². The lowest BCUT2D eigenvalue weighted by Crippen LogP contribution is -2.06. The molecule has 0 atom stereocenters. The van der Waals surface area contributed by atoms with E-state index < -0.39 is 5.63 Å². The molecule has 0 aliphatic carbocycles. The van der Waals surface area contributed by atoms with E-state index in [0.29, 0.717) is 28.9 Å². The first kappa shape index (κ1) is 18.4. The van der Waals surface area contributed by atoms with Crippen LogP contribution in [0.5, 0.6) is 5.75 Å². The van der Waals surface area contributed by atoms with Gasteiger partial charge < -0.3 is 13.6 Å². The topological polar surface area (TPSA) is 96.2 Å². The molecule has 9 heteroatoms. The fraction of sp³-hybridized carbons (Fsp3) is 0.143. The molecule has 0 aliphatic rings. The molecule has 0 fully saturated rings. The van der Waals surface area contributed by atoms with Crippen molar-refractivity contribution in [3.63, 3.8) is 0 Å². The molecule has 5 rings (SSSR count). The van der Waals surface area contributed by atoms with E-state index in [2.05, 4.69) is 15.3 Å². The van der Waals surface area contributed by atoms with Crippen molar-refractivity contribution < 1.29 is 13.6 Å². The number of ether oxygens (including phenoxy) is 1. The second kappa shape index (κ2) is 7.68. The highest BCUT2D eigenvalue weighted by molar-refractivity contribution is 7.98. The van der Waals surface area contributed by atoms with Crippen LogP contribution in [0, 0.1) is 0 Å². The number of hydrogen-bond donors (Lipinski definition) is 0. The Morgan fingerprint density at radius 3 is 2.87 bits per heavy atom. The number of fused-ring (bicyclic) bond motifs is 2. The van der Waals surface area contributed by atoms with Gasteiger partial charge in [0.05, 0.1) is 19.3 Å². The van der Waals surface area contributed by atoms with Gasteiger partial charge in [0.15, 0.2) is 5.58 Å². The summed E-state index contributed by atoms with van der Waals surface area (Å²) < 4.78 is 17.9. The SMILES string of the molecule is COc1ccc2c(Cn3cc(CSc4nc5ccccc5o4)nn3)cc(=O)oc2c1. The van der Waals surface area contributed by atoms with Gasteiger partial charge in [-0.25, -0.2) is 14.5 Å². The van der Waals surface area contributed by atoms with Crippen molar-refractivity contribution in [2.75, 3.05) is 7.11 Å². The number of hydrogen-bond acceptors (Lipinski definition) is 8. The highest BCUT2D eigenvalue weighted by Gasteiger charge is 2.11. The number of para-hydroxylation sites is 2. The van der Waals surface area contributed by atoms with Crippen LogP contribution >= 0.6 is 11.8 Å². The predicted molar refractivity (Wildman–Crippen MR) is 112 cm³/mol. The normalized spacial score (nSPS) is 11.4. The molecule has 0 saturated heterocycles. The fourth-order valence-corrected chi connectivity index (χ4v) is 3.89. The summed E-state index contributed by atoms with van der Waals surface area (Å²) in [5.74, 6) is 1.20. The van der Waals surface area contributed by atoms with Gasteiger partial charge in [0.25, 0.3) is 5.22 Å². The Bertz CT molecular complexity index is 1370. The van der Waals surface area contributed by atoms with Gasteiger partial charge >= 0.3 is 5.63 Å². The van der Waals surface area contributed by atoms with Crippen molar-refractivity contribution in [2.45, 2.75) is 17.5 Å². The quantitative estimate of drug-likeness (QED) is 0.302. The Balaban J connectivity index is 1.34. The number of aromatic nitrogens is 4. The minimum Gasteiger partial charge on any atom is -0.497 e. The van der Waals surface area contributed by atoms with Crippen LogP contribution in [0.1, 0.15) is 11.3 Å². The van der Waals surface area contributed by atoms with Crippen molar-refractivity contribution in [1.29, 1.82) is 0 Å². The Morgan fingerprint density at radius 2 is 2.00 bits per heavy atom. The van der Waals surface area contributed by atoms with Crippen LogP contribution in [0.3, 0.4) is 0 Å². The Hall–Kier alpha value is -3.59. The molecule has 30 heavy (non-hydrogen) atoms. The summed E-state index contributed by atoms with van der Waals surface area (Å²) in [6.07, 6.45) is 1.85. The van der Waals surface area contributed by atoms with Crippen LogP contribution in [-0.2, 0) is 12.3 Å². The highest BCUT2D eigenvalue weighted by atomic mass is 32.2. The van der Waals surface area contributed by atoms with Crippen molar-refractivity contribution in [3.8, 4) is 5.75 Å². The van der Waals surface area contributed by atoms with Gasteiger partial charge in [0, 0.05) is 29.5 Å². The molecule has 0 unspecified atom stereocenters. The maximum atomic E-state index is 12.0. The molecule has 0 N–H and O–H groups in total.